The van der Waals surface area contributed by atoms with Crippen molar-refractivity contribution in [3.05, 3.63) is 0 Å². The van der Waals surface area contributed by atoms with E-state index in [0.29, 0.717) is 5.92 Å². The van der Waals surface area contributed by atoms with Crippen LogP contribution >= 0.6 is 0 Å². The molecular formula is C10H12N2. The Bertz CT molecular complexity index is 263. The third kappa shape index (κ3) is 0.847. The maximum atomic E-state index is 8.79. The largest absolute Gasteiger partial charge is 0.197 e. The van der Waals surface area contributed by atoms with Crippen LogP contribution in [0.2, 0.25) is 0 Å². The summed E-state index contributed by atoms with van der Waals surface area (Å²) in [5, 5.41) is 17.6. The number of hydrogen-bond acceptors (Lipinski definition) is 2. The van der Waals surface area contributed by atoms with E-state index in [1.165, 1.54) is 6.42 Å². The van der Waals surface area contributed by atoms with Crippen LogP contribution in [0.15, 0.2) is 0 Å². The van der Waals surface area contributed by atoms with Crippen molar-refractivity contribution < 1.29 is 0 Å². The maximum absolute atomic E-state index is 8.79. The van der Waals surface area contributed by atoms with Crippen molar-refractivity contribution in [2.24, 2.45) is 23.2 Å². The number of hydrogen-bond donors (Lipinski definition) is 0. The molecule has 62 valence electrons. The fourth-order valence-corrected chi connectivity index (χ4v) is 2.43. The van der Waals surface area contributed by atoms with Crippen molar-refractivity contribution in [3.63, 3.8) is 0 Å². The second-order valence-corrected chi connectivity index (χ2v) is 4.24. The van der Waals surface area contributed by atoms with Crippen LogP contribution in [0.3, 0.4) is 0 Å². The Morgan fingerprint density at radius 3 is 2.08 bits per heavy atom. The first-order chi connectivity index (χ1) is 5.74. The molecule has 2 saturated carbocycles. The van der Waals surface area contributed by atoms with Crippen molar-refractivity contribution in [1.82, 2.24) is 0 Å². The molecule has 0 amide bonds. The molecule has 0 spiro atoms. The van der Waals surface area contributed by atoms with Gasteiger partial charge in [-0.3, -0.25) is 0 Å². The summed E-state index contributed by atoms with van der Waals surface area (Å²) in [6, 6.07) is 4.27. The zero-order chi connectivity index (χ0) is 8.77. The van der Waals surface area contributed by atoms with E-state index in [1.54, 1.807) is 0 Å². The minimum atomic E-state index is -0.340. The van der Waals surface area contributed by atoms with Crippen LogP contribution < -0.4 is 0 Å². The van der Waals surface area contributed by atoms with Crippen molar-refractivity contribution in [3.8, 4) is 12.1 Å². The molecule has 2 aliphatic carbocycles. The molecule has 2 heteroatoms. The Kier molecular flexibility index (Phi) is 1.42. The summed E-state index contributed by atoms with van der Waals surface area (Å²) in [7, 11) is 0. The summed E-state index contributed by atoms with van der Waals surface area (Å²) < 4.78 is 0. The lowest BCUT2D eigenvalue weighted by Crippen LogP contribution is -2.15. The molecule has 0 radical (unpaired) electrons. The van der Waals surface area contributed by atoms with Gasteiger partial charge in [0.1, 0.15) is 5.92 Å². The van der Waals surface area contributed by atoms with Gasteiger partial charge in [-0.25, -0.2) is 0 Å². The van der Waals surface area contributed by atoms with E-state index in [4.69, 9.17) is 10.5 Å². The highest BCUT2D eigenvalue weighted by Crippen LogP contribution is 2.67. The Balaban J connectivity index is 2.13. The quantitative estimate of drug-likeness (QED) is 0.621. The molecule has 0 heterocycles. The zero-order valence-electron chi connectivity index (χ0n) is 7.25. The van der Waals surface area contributed by atoms with E-state index >= 15 is 0 Å². The van der Waals surface area contributed by atoms with Gasteiger partial charge in [0.05, 0.1) is 12.1 Å². The van der Waals surface area contributed by atoms with Crippen LogP contribution in [0.1, 0.15) is 26.2 Å². The van der Waals surface area contributed by atoms with Gasteiger partial charge < -0.3 is 0 Å². The first kappa shape index (κ1) is 7.62. The molecule has 0 aromatic heterocycles. The highest BCUT2D eigenvalue weighted by atomic mass is 14.6. The van der Waals surface area contributed by atoms with Crippen LogP contribution in [-0.4, -0.2) is 0 Å². The van der Waals surface area contributed by atoms with Crippen LogP contribution in [0.25, 0.3) is 0 Å². The SMILES string of the molecule is CC1CC1C1(C(C#N)C#N)CC1. The van der Waals surface area contributed by atoms with E-state index in [1.807, 2.05) is 0 Å². The van der Waals surface area contributed by atoms with E-state index in [-0.39, 0.29) is 11.3 Å². The second kappa shape index (κ2) is 2.23. The minimum Gasteiger partial charge on any atom is -0.197 e. The molecule has 0 aromatic carbocycles. The minimum absolute atomic E-state index is 0.128. The molecule has 2 rings (SSSR count). The van der Waals surface area contributed by atoms with Crippen LogP contribution in [-0.2, 0) is 0 Å². The van der Waals surface area contributed by atoms with E-state index < -0.39 is 0 Å². The Morgan fingerprint density at radius 2 is 1.83 bits per heavy atom. The molecule has 0 bridgehead atoms. The molecule has 0 aliphatic heterocycles. The monoisotopic (exact) mass is 160 g/mol. The molecule has 2 nitrogen and oxygen atoms in total. The van der Waals surface area contributed by atoms with Gasteiger partial charge >= 0.3 is 0 Å². The van der Waals surface area contributed by atoms with Gasteiger partial charge in [-0.05, 0) is 31.1 Å². The zero-order valence-corrected chi connectivity index (χ0v) is 7.25. The lowest BCUT2D eigenvalue weighted by molar-refractivity contribution is 0.368. The van der Waals surface area contributed by atoms with Gasteiger partial charge in [0.15, 0.2) is 0 Å². The van der Waals surface area contributed by atoms with Crippen LogP contribution in [0, 0.1) is 45.8 Å². The van der Waals surface area contributed by atoms with Crippen LogP contribution in [0.4, 0.5) is 0 Å². The molecule has 2 fully saturated rings. The third-order valence-electron chi connectivity index (χ3n) is 3.51. The topological polar surface area (TPSA) is 47.6 Å². The fraction of sp³-hybridized carbons (Fsp3) is 0.800. The molecule has 0 aromatic rings. The van der Waals surface area contributed by atoms with Crippen molar-refractivity contribution in [2.75, 3.05) is 0 Å². The summed E-state index contributed by atoms with van der Waals surface area (Å²) in [5.74, 6) is 1.10. The predicted molar refractivity (Wildman–Crippen MR) is 43.7 cm³/mol. The smallest absolute Gasteiger partial charge is 0.139 e. The average molecular weight is 160 g/mol. The molecule has 0 saturated heterocycles. The van der Waals surface area contributed by atoms with Gasteiger partial charge in [-0.15, -0.1) is 0 Å². The highest BCUT2D eigenvalue weighted by Gasteiger charge is 2.62. The third-order valence-corrected chi connectivity index (χ3v) is 3.51. The van der Waals surface area contributed by atoms with E-state index in [9.17, 15) is 0 Å². The molecular weight excluding hydrogens is 148 g/mol. The standard InChI is InChI=1S/C10H12N2/c1-7-4-9(7)10(2-3-10)8(5-11)6-12/h7-9H,2-4H2,1H3. The fourth-order valence-electron chi connectivity index (χ4n) is 2.43. The lowest BCUT2D eigenvalue weighted by Gasteiger charge is -2.13. The Morgan fingerprint density at radius 1 is 1.33 bits per heavy atom. The first-order valence-corrected chi connectivity index (χ1v) is 4.54. The first-order valence-electron chi connectivity index (χ1n) is 4.54. The average Bonchev–Trinajstić information content (AvgIpc) is 2.89. The lowest BCUT2D eigenvalue weighted by atomic mass is 9.86. The second-order valence-electron chi connectivity index (χ2n) is 4.24. The van der Waals surface area contributed by atoms with Gasteiger partial charge in [-0.1, -0.05) is 6.92 Å². The predicted octanol–water partition coefficient (Wildman–Crippen LogP) is 2.09. The van der Waals surface area contributed by atoms with Crippen molar-refractivity contribution >= 4 is 0 Å². The van der Waals surface area contributed by atoms with Gasteiger partial charge in [0.25, 0.3) is 0 Å². The molecule has 2 atom stereocenters. The van der Waals surface area contributed by atoms with E-state index in [2.05, 4.69) is 19.1 Å². The summed E-state index contributed by atoms with van der Waals surface area (Å²) >= 11 is 0. The van der Waals surface area contributed by atoms with Crippen molar-refractivity contribution in [1.29, 1.82) is 10.5 Å². The van der Waals surface area contributed by atoms with Gasteiger partial charge in [0.2, 0.25) is 0 Å². The summed E-state index contributed by atoms with van der Waals surface area (Å²) in [6.45, 7) is 2.22. The van der Waals surface area contributed by atoms with Crippen LogP contribution in [0.5, 0.6) is 0 Å². The highest BCUT2D eigenvalue weighted by molar-refractivity contribution is 5.20. The van der Waals surface area contributed by atoms with Crippen molar-refractivity contribution in [2.45, 2.75) is 26.2 Å². The van der Waals surface area contributed by atoms with Gasteiger partial charge in [0, 0.05) is 5.41 Å². The number of nitrogens with zero attached hydrogens (tertiary/aromatic N) is 2. The maximum Gasteiger partial charge on any atom is 0.139 e. The summed E-state index contributed by atoms with van der Waals surface area (Å²) in [6.07, 6.45) is 3.45. The summed E-state index contributed by atoms with van der Waals surface area (Å²) in [4.78, 5) is 0. The Hall–Kier alpha value is -1.02. The number of nitriles is 2. The normalized spacial score (nSPS) is 35.3. The number of rotatable bonds is 2. The Labute approximate surface area is 72.8 Å². The molecule has 2 unspecified atom stereocenters. The molecule has 12 heavy (non-hydrogen) atoms. The van der Waals surface area contributed by atoms with Gasteiger partial charge in [-0.2, -0.15) is 10.5 Å². The van der Waals surface area contributed by atoms with E-state index in [0.717, 1.165) is 18.8 Å². The summed E-state index contributed by atoms with van der Waals surface area (Å²) in [5.41, 5.74) is 0.128. The molecule has 2 aliphatic rings. The molecule has 0 N–H and O–H groups in total.